The Morgan fingerprint density at radius 2 is 1.59 bits per heavy atom. The third-order valence-corrected chi connectivity index (χ3v) is 8.75. The number of aliphatic carboxylic acids is 1. The lowest BCUT2D eigenvalue weighted by Crippen LogP contribution is -2.56. The van der Waals surface area contributed by atoms with Crippen LogP contribution < -0.4 is 0 Å². The van der Waals surface area contributed by atoms with Gasteiger partial charge in [-0.05, 0) is 69.9 Å². The number of rotatable bonds is 3. The van der Waals surface area contributed by atoms with Gasteiger partial charge in [0.25, 0.3) is 0 Å². The summed E-state index contributed by atoms with van der Waals surface area (Å²) in [5, 5.41) is 9.83. The molecule has 0 aromatic carbocycles. The highest BCUT2D eigenvalue weighted by Gasteiger charge is 2.55. The predicted molar refractivity (Wildman–Crippen MR) is 102 cm³/mol. The van der Waals surface area contributed by atoms with Gasteiger partial charge in [0.1, 0.15) is 0 Å². The Morgan fingerprint density at radius 3 is 2.19 bits per heavy atom. The van der Waals surface area contributed by atoms with Crippen LogP contribution in [0, 0.1) is 22.7 Å². The largest absolute Gasteiger partial charge is 0.481 e. The molecule has 0 aromatic heterocycles. The number of carbonyl (C=O) groups is 2. The number of nitrogens with zero attached hydrogens (tertiary/aromatic N) is 2. The van der Waals surface area contributed by atoms with E-state index in [9.17, 15) is 14.7 Å². The molecule has 5 fully saturated rings. The van der Waals surface area contributed by atoms with Crippen LogP contribution in [0.1, 0.15) is 70.6 Å². The van der Waals surface area contributed by atoms with Gasteiger partial charge in [0.15, 0.2) is 0 Å². The third kappa shape index (κ3) is 3.10. The highest BCUT2D eigenvalue weighted by molar-refractivity contribution is 5.83. The topological polar surface area (TPSA) is 60.9 Å². The lowest BCUT2D eigenvalue weighted by atomic mass is 9.57. The molecule has 2 saturated heterocycles. The van der Waals surface area contributed by atoms with Gasteiger partial charge < -0.3 is 14.9 Å². The number of carbonyl (C=O) groups excluding carboxylic acids is 1. The standard InChI is InChI=1S/C22H34N2O3/c25-19(16-4-5-16)24-14-18(20(26)27)22(15-24)8-10-23(11-9-22)17-12-21(13-17)6-2-1-3-7-21/h16-18H,1-15H2,(H,26,27). The Labute approximate surface area is 162 Å². The maximum atomic E-state index is 12.5. The normalized spacial score (nSPS) is 33.3. The molecule has 5 rings (SSSR count). The van der Waals surface area contributed by atoms with E-state index in [-0.39, 0.29) is 23.2 Å². The van der Waals surface area contributed by atoms with Crippen molar-refractivity contribution in [3.63, 3.8) is 0 Å². The summed E-state index contributed by atoms with van der Waals surface area (Å²) in [6.45, 7) is 3.17. The Bertz CT molecular complexity index is 607. The van der Waals surface area contributed by atoms with Gasteiger partial charge in [-0.2, -0.15) is 0 Å². The molecule has 3 saturated carbocycles. The van der Waals surface area contributed by atoms with Gasteiger partial charge >= 0.3 is 5.97 Å². The van der Waals surface area contributed by atoms with Crippen molar-refractivity contribution in [2.45, 2.75) is 76.7 Å². The lowest BCUT2D eigenvalue weighted by molar-refractivity contribution is -0.146. The van der Waals surface area contributed by atoms with Gasteiger partial charge in [0, 0.05) is 30.5 Å². The Morgan fingerprint density at radius 1 is 0.926 bits per heavy atom. The Balaban J connectivity index is 1.20. The van der Waals surface area contributed by atoms with Gasteiger partial charge in [0.2, 0.25) is 5.91 Å². The van der Waals surface area contributed by atoms with E-state index in [0.717, 1.165) is 44.8 Å². The number of carboxylic acid groups (broad SMARTS) is 1. The van der Waals surface area contributed by atoms with Crippen molar-refractivity contribution in [1.29, 1.82) is 0 Å². The smallest absolute Gasteiger partial charge is 0.308 e. The molecule has 5 nitrogen and oxygen atoms in total. The summed E-state index contributed by atoms with van der Waals surface area (Å²) in [6, 6.07) is 0.731. The number of likely N-dealkylation sites (tertiary alicyclic amines) is 2. The molecule has 2 spiro atoms. The molecule has 1 amide bonds. The zero-order valence-corrected chi connectivity index (χ0v) is 16.5. The van der Waals surface area contributed by atoms with E-state index < -0.39 is 5.97 Å². The first-order valence-corrected chi connectivity index (χ1v) is 11.3. The monoisotopic (exact) mass is 374 g/mol. The summed E-state index contributed by atoms with van der Waals surface area (Å²) >= 11 is 0. The summed E-state index contributed by atoms with van der Waals surface area (Å²) in [4.78, 5) is 29.0. The molecule has 1 atom stereocenters. The maximum Gasteiger partial charge on any atom is 0.308 e. The summed E-state index contributed by atoms with van der Waals surface area (Å²) in [5.41, 5.74) is 0.474. The van der Waals surface area contributed by atoms with E-state index in [4.69, 9.17) is 0 Å². The fourth-order valence-electron chi connectivity index (χ4n) is 6.81. The zero-order valence-electron chi connectivity index (χ0n) is 16.5. The van der Waals surface area contributed by atoms with Crippen molar-refractivity contribution < 1.29 is 14.7 Å². The number of hydrogen-bond donors (Lipinski definition) is 1. The summed E-state index contributed by atoms with van der Waals surface area (Å²) < 4.78 is 0. The zero-order chi connectivity index (χ0) is 18.6. The van der Waals surface area contributed by atoms with Crippen molar-refractivity contribution in [2.24, 2.45) is 22.7 Å². The molecule has 2 aliphatic heterocycles. The second-order valence-electron chi connectivity index (χ2n) is 10.4. The molecule has 2 heterocycles. The second-order valence-corrected chi connectivity index (χ2v) is 10.4. The minimum absolute atomic E-state index is 0.181. The molecule has 3 aliphatic carbocycles. The number of piperidine rings is 1. The summed E-state index contributed by atoms with van der Waals surface area (Å²) in [6.07, 6.45) is 13.7. The van der Waals surface area contributed by atoms with E-state index in [2.05, 4.69) is 4.90 Å². The van der Waals surface area contributed by atoms with Crippen LogP contribution in [0.4, 0.5) is 0 Å². The highest BCUT2D eigenvalue weighted by Crippen LogP contribution is 2.55. The number of carboxylic acids is 1. The molecule has 5 heteroatoms. The van der Waals surface area contributed by atoms with Crippen LogP contribution in [0.2, 0.25) is 0 Å². The molecule has 1 N–H and O–H groups in total. The first kappa shape index (κ1) is 18.0. The summed E-state index contributed by atoms with van der Waals surface area (Å²) in [5.74, 6) is -0.650. The Hall–Kier alpha value is -1.10. The van der Waals surface area contributed by atoms with Crippen LogP contribution in [0.15, 0.2) is 0 Å². The van der Waals surface area contributed by atoms with Gasteiger partial charge in [-0.3, -0.25) is 9.59 Å². The molecule has 0 radical (unpaired) electrons. The third-order valence-electron chi connectivity index (χ3n) is 8.75. The molecule has 5 aliphatic rings. The van der Waals surface area contributed by atoms with Crippen molar-refractivity contribution in [1.82, 2.24) is 9.80 Å². The molecule has 150 valence electrons. The maximum absolute atomic E-state index is 12.5. The van der Waals surface area contributed by atoms with Crippen LogP contribution in [0.5, 0.6) is 0 Å². The van der Waals surface area contributed by atoms with Crippen molar-refractivity contribution >= 4 is 11.9 Å². The van der Waals surface area contributed by atoms with Gasteiger partial charge in [-0.15, -0.1) is 0 Å². The first-order valence-electron chi connectivity index (χ1n) is 11.3. The quantitative estimate of drug-likeness (QED) is 0.824. The van der Waals surface area contributed by atoms with Crippen LogP contribution in [-0.2, 0) is 9.59 Å². The fraction of sp³-hybridized carbons (Fsp3) is 0.909. The first-order chi connectivity index (χ1) is 13.0. The average Bonchev–Trinajstić information content (AvgIpc) is 3.43. The van der Waals surface area contributed by atoms with Crippen LogP contribution >= 0.6 is 0 Å². The summed E-state index contributed by atoms with van der Waals surface area (Å²) in [7, 11) is 0. The molecule has 1 unspecified atom stereocenters. The number of hydrogen-bond acceptors (Lipinski definition) is 3. The molecule has 0 aromatic rings. The predicted octanol–water partition coefficient (Wildman–Crippen LogP) is 3.13. The van der Waals surface area contributed by atoms with Crippen LogP contribution in [0.25, 0.3) is 0 Å². The van der Waals surface area contributed by atoms with E-state index in [1.807, 2.05) is 4.90 Å². The second kappa shape index (κ2) is 6.47. The molecular formula is C22H34N2O3. The average molecular weight is 375 g/mol. The van der Waals surface area contributed by atoms with Gasteiger partial charge in [-0.1, -0.05) is 19.3 Å². The van der Waals surface area contributed by atoms with Crippen molar-refractivity contribution in [3.8, 4) is 0 Å². The fourth-order valence-corrected chi connectivity index (χ4v) is 6.81. The minimum Gasteiger partial charge on any atom is -0.481 e. The van der Waals surface area contributed by atoms with Gasteiger partial charge in [0.05, 0.1) is 5.92 Å². The van der Waals surface area contributed by atoms with E-state index >= 15 is 0 Å². The highest BCUT2D eigenvalue weighted by atomic mass is 16.4. The molecule has 0 bridgehead atoms. The number of amides is 1. The lowest BCUT2D eigenvalue weighted by Gasteiger charge is -2.56. The minimum atomic E-state index is -0.695. The van der Waals surface area contributed by atoms with E-state index in [1.165, 1.54) is 44.9 Å². The van der Waals surface area contributed by atoms with E-state index in [1.54, 1.807) is 0 Å². The molecule has 27 heavy (non-hydrogen) atoms. The van der Waals surface area contributed by atoms with Crippen LogP contribution in [0.3, 0.4) is 0 Å². The van der Waals surface area contributed by atoms with E-state index in [0.29, 0.717) is 18.5 Å². The van der Waals surface area contributed by atoms with Crippen LogP contribution in [-0.4, -0.2) is 59.0 Å². The van der Waals surface area contributed by atoms with Gasteiger partial charge in [-0.25, -0.2) is 0 Å². The molecular weight excluding hydrogens is 340 g/mol. The van der Waals surface area contributed by atoms with Crippen molar-refractivity contribution in [3.05, 3.63) is 0 Å². The Kier molecular flexibility index (Phi) is 4.30. The SMILES string of the molecule is O=C(O)C1CN(C(=O)C2CC2)CC12CCN(C1CC3(CCCCC3)C1)CC2. The van der Waals surface area contributed by atoms with Crippen molar-refractivity contribution in [2.75, 3.05) is 26.2 Å².